The summed E-state index contributed by atoms with van der Waals surface area (Å²) < 4.78 is 0. The van der Waals surface area contributed by atoms with Crippen LogP contribution in [0.3, 0.4) is 0 Å². The molecule has 1 aromatic carbocycles. The summed E-state index contributed by atoms with van der Waals surface area (Å²) in [6.45, 7) is 0. The molecule has 0 saturated carbocycles. The number of urea groups is 1. The second-order valence-corrected chi connectivity index (χ2v) is 6.42. The molecule has 0 aliphatic rings. The van der Waals surface area contributed by atoms with Crippen LogP contribution in [0.1, 0.15) is 17.3 Å². The molecule has 1 unspecified atom stereocenters. The summed E-state index contributed by atoms with van der Waals surface area (Å²) in [4.78, 5) is 25.3. The van der Waals surface area contributed by atoms with Crippen LogP contribution in [0, 0.1) is 0 Å². The van der Waals surface area contributed by atoms with Gasteiger partial charge in [-0.2, -0.15) is 0 Å². The lowest BCUT2D eigenvalue weighted by Crippen LogP contribution is -2.34. The fourth-order valence-corrected chi connectivity index (χ4v) is 3.22. The lowest BCUT2D eigenvalue weighted by Gasteiger charge is -2.16. The summed E-state index contributed by atoms with van der Waals surface area (Å²) in [6.07, 6.45) is 2.11. The van der Waals surface area contributed by atoms with Gasteiger partial charge in [0.05, 0.1) is 12.5 Å². The predicted molar refractivity (Wildman–Crippen MR) is 91.2 cm³/mol. The first-order chi connectivity index (χ1) is 10.6. The topological polar surface area (TPSA) is 84.2 Å². The Balaban J connectivity index is 2.03. The van der Waals surface area contributed by atoms with Crippen LogP contribution in [0.25, 0.3) is 0 Å². The van der Waals surface area contributed by atoms with E-state index >= 15 is 0 Å². The van der Waals surface area contributed by atoms with E-state index < -0.39 is 12.1 Å². The largest absolute Gasteiger partial charge is 0.352 e. The fourth-order valence-electron chi connectivity index (χ4n) is 1.98. The Morgan fingerprint density at radius 1 is 1.32 bits per heavy atom. The maximum Gasteiger partial charge on any atom is 0.312 e. The van der Waals surface area contributed by atoms with Gasteiger partial charge in [0.15, 0.2) is 0 Å². The third-order valence-electron chi connectivity index (χ3n) is 2.95. The minimum atomic E-state index is -0.643. The van der Waals surface area contributed by atoms with Gasteiger partial charge in [-0.3, -0.25) is 4.79 Å². The van der Waals surface area contributed by atoms with E-state index in [1.54, 1.807) is 11.8 Å². The number of carbonyl (C=O) groups excluding carboxylic acids is 2. The summed E-state index contributed by atoms with van der Waals surface area (Å²) in [5, 5.41) is 7.34. The van der Waals surface area contributed by atoms with E-state index in [2.05, 4.69) is 10.6 Å². The standard InChI is InChI=1S/C15H17N3O2S2/c1-21-11-5-2-4-10(8-11)17-14(19)9-12(18-15(16)20)13-6-3-7-22-13/h2-8,12H,9H2,1H3,(H,17,19)(H3,16,18,20). The van der Waals surface area contributed by atoms with E-state index in [0.717, 1.165) is 15.5 Å². The molecule has 0 fully saturated rings. The predicted octanol–water partition coefficient (Wildman–Crippen LogP) is 3.21. The average molecular weight is 335 g/mol. The number of hydrogen-bond donors (Lipinski definition) is 3. The molecule has 0 spiro atoms. The first-order valence-electron chi connectivity index (χ1n) is 6.61. The van der Waals surface area contributed by atoms with Crippen molar-refractivity contribution in [2.45, 2.75) is 17.4 Å². The molecule has 1 atom stereocenters. The Bertz CT molecular complexity index is 644. The number of nitrogens with two attached hydrogens (primary N) is 1. The van der Waals surface area contributed by atoms with Gasteiger partial charge in [0.2, 0.25) is 5.91 Å². The van der Waals surface area contributed by atoms with Crippen LogP contribution >= 0.6 is 23.1 Å². The van der Waals surface area contributed by atoms with Gasteiger partial charge >= 0.3 is 6.03 Å². The Hall–Kier alpha value is -1.99. The lowest BCUT2D eigenvalue weighted by molar-refractivity contribution is -0.116. The normalized spacial score (nSPS) is 11.7. The van der Waals surface area contributed by atoms with Crippen LogP contribution in [0.4, 0.5) is 10.5 Å². The molecule has 2 rings (SSSR count). The number of thioether (sulfide) groups is 1. The van der Waals surface area contributed by atoms with Crippen LogP contribution in [0.5, 0.6) is 0 Å². The van der Waals surface area contributed by atoms with Crippen molar-refractivity contribution in [1.82, 2.24) is 5.32 Å². The Labute approximate surface area is 137 Å². The third kappa shape index (κ3) is 4.78. The summed E-state index contributed by atoms with van der Waals surface area (Å²) in [7, 11) is 0. The molecule has 2 aromatic rings. The van der Waals surface area contributed by atoms with Gasteiger partial charge in [0, 0.05) is 15.5 Å². The van der Waals surface area contributed by atoms with Crippen molar-refractivity contribution < 1.29 is 9.59 Å². The van der Waals surface area contributed by atoms with Crippen molar-refractivity contribution in [2.24, 2.45) is 5.73 Å². The summed E-state index contributed by atoms with van der Waals surface area (Å²) in [5.41, 5.74) is 5.92. The maximum atomic E-state index is 12.2. The van der Waals surface area contributed by atoms with Crippen molar-refractivity contribution in [3.05, 3.63) is 46.7 Å². The molecule has 0 saturated heterocycles. The van der Waals surface area contributed by atoms with Crippen LogP contribution in [0.2, 0.25) is 0 Å². The van der Waals surface area contributed by atoms with Crippen molar-refractivity contribution >= 4 is 40.7 Å². The van der Waals surface area contributed by atoms with E-state index in [4.69, 9.17) is 5.73 Å². The molecule has 0 aliphatic carbocycles. The molecule has 0 bridgehead atoms. The van der Waals surface area contributed by atoms with E-state index in [-0.39, 0.29) is 12.3 Å². The monoisotopic (exact) mass is 335 g/mol. The highest BCUT2D eigenvalue weighted by atomic mass is 32.2. The van der Waals surface area contributed by atoms with E-state index in [0.29, 0.717) is 0 Å². The highest BCUT2D eigenvalue weighted by molar-refractivity contribution is 7.98. The second kappa shape index (κ2) is 7.86. The summed E-state index contributed by atoms with van der Waals surface area (Å²) >= 11 is 3.08. The third-order valence-corrected chi connectivity index (χ3v) is 4.66. The van der Waals surface area contributed by atoms with Crippen molar-refractivity contribution in [1.29, 1.82) is 0 Å². The first-order valence-corrected chi connectivity index (χ1v) is 8.72. The number of hydrogen-bond acceptors (Lipinski definition) is 4. The maximum absolute atomic E-state index is 12.2. The van der Waals surface area contributed by atoms with Crippen LogP contribution in [0.15, 0.2) is 46.7 Å². The smallest absolute Gasteiger partial charge is 0.312 e. The van der Waals surface area contributed by atoms with Gasteiger partial charge in [0.1, 0.15) is 0 Å². The molecule has 22 heavy (non-hydrogen) atoms. The summed E-state index contributed by atoms with van der Waals surface area (Å²) in [6, 6.07) is 10.3. The molecular formula is C15H17N3O2S2. The van der Waals surface area contributed by atoms with E-state index in [1.165, 1.54) is 11.3 Å². The molecule has 1 heterocycles. The minimum Gasteiger partial charge on any atom is -0.352 e. The number of rotatable bonds is 6. The Morgan fingerprint density at radius 3 is 2.77 bits per heavy atom. The summed E-state index contributed by atoms with van der Waals surface area (Å²) in [5.74, 6) is -0.176. The van der Waals surface area contributed by atoms with E-state index in [9.17, 15) is 9.59 Å². The lowest BCUT2D eigenvalue weighted by atomic mass is 10.1. The molecule has 0 radical (unpaired) electrons. The van der Waals surface area contributed by atoms with Crippen LogP contribution in [-0.4, -0.2) is 18.2 Å². The first kappa shape index (κ1) is 16.4. The molecule has 7 heteroatoms. The SMILES string of the molecule is CSc1cccc(NC(=O)CC(NC(N)=O)c2cccs2)c1. The van der Waals surface area contributed by atoms with Gasteiger partial charge in [-0.05, 0) is 35.9 Å². The number of carbonyl (C=O) groups is 2. The molecule has 1 aromatic heterocycles. The van der Waals surface area contributed by atoms with Crippen molar-refractivity contribution in [3.8, 4) is 0 Å². The van der Waals surface area contributed by atoms with E-state index in [1.807, 2.05) is 48.0 Å². The fraction of sp³-hybridized carbons (Fsp3) is 0.200. The zero-order chi connectivity index (χ0) is 15.9. The van der Waals surface area contributed by atoms with Gasteiger partial charge in [-0.25, -0.2) is 4.79 Å². The number of benzene rings is 1. The van der Waals surface area contributed by atoms with Crippen LogP contribution in [-0.2, 0) is 4.79 Å². The van der Waals surface area contributed by atoms with Gasteiger partial charge in [-0.15, -0.1) is 23.1 Å². The number of thiophene rings is 1. The van der Waals surface area contributed by atoms with Crippen molar-refractivity contribution in [2.75, 3.05) is 11.6 Å². The number of amides is 3. The highest BCUT2D eigenvalue weighted by Crippen LogP contribution is 2.23. The van der Waals surface area contributed by atoms with Gasteiger partial charge < -0.3 is 16.4 Å². The molecule has 5 nitrogen and oxygen atoms in total. The van der Waals surface area contributed by atoms with Crippen molar-refractivity contribution in [3.63, 3.8) is 0 Å². The minimum absolute atomic E-state index is 0.132. The van der Waals surface area contributed by atoms with Gasteiger partial charge in [0.25, 0.3) is 0 Å². The average Bonchev–Trinajstić information content (AvgIpc) is 3.00. The molecule has 0 aliphatic heterocycles. The molecular weight excluding hydrogens is 318 g/mol. The zero-order valence-corrected chi connectivity index (χ0v) is 13.7. The zero-order valence-electron chi connectivity index (χ0n) is 12.0. The molecule has 3 amide bonds. The molecule has 4 N–H and O–H groups in total. The Kier molecular flexibility index (Phi) is 5.85. The number of primary amides is 1. The number of nitrogens with one attached hydrogen (secondary N) is 2. The number of anilines is 1. The second-order valence-electron chi connectivity index (χ2n) is 4.56. The quantitative estimate of drug-likeness (QED) is 0.709. The van der Waals surface area contributed by atoms with Crippen LogP contribution < -0.4 is 16.4 Å². The highest BCUT2D eigenvalue weighted by Gasteiger charge is 2.18. The molecule has 116 valence electrons. The van der Waals surface area contributed by atoms with Gasteiger partial charge in [-0.1, -0.05) is 12.1 Å². The Morgan fingerprint density at radius 2 is 2.14 bits per heavy atom.